The van der Waals surface area contributed by atoms with E-state index in [0.717, 1.165) is 6.21 Å². The van der Waals surface area contributed by atoms with Gasteiger partial charge in [-0.3, -0.25) is 19.1 Å². The van der Waals surface area contributed by atoms with Gasteiger partial charge in [-0.25, -0.2) is 5.43 Å². The van der Waals surface area contributed by atoms with Crippen LogP contribution in [0.25, 0.3) is 5.69 Å². The Kier molecular flexibility index (Phi) is 6.90. The van der Waals surface area contributed by atoms with Crippen molar-refractivity contribution >= 4 is 24.3 Å². The Morgan fingerprint density at radius 3 is 2.31 bits per heavy atom. The number of benzene rings is 2. The van der Waals surface area contributed by atoms with Gasteiger partial charge in [-0.05, 0) is 24.4 Å². The first-order valence-electron chi connectivity index (χ1n) is 9.18. The summed E-state index contributed by atoms with van der Waals surface area (Å²) in [6.45, 7) is 0. The van der Waals surface area contributed by atoms with Gasteiger partial charge in [-0.2, -0.15) is 5.10 Å². The van der Waals surface area contributed by atoms with Crippen molar-refractivity contribution in [3.8, 4) is 28.8 Å². The number of H-pyrrole nitrogens is 1. The molecule has 0 aliphatic rings. The van der Waals surface area contributed by atoms with Crippen molar-refractivity contribution in [3.63, 3.8) is 0 Å². The van der Waals surface area contributed by atoms with E-state index in [-0.39, 0.29) is 10.3 Å². The number of nitrogens with zero attached hydrogens (tertiary/aromatic N) is 2. The quantitative estimate of drug-likeness (QED) is 0.283. The lowest BCUT2D eigenvalue weighted by atomic mass is 10.2. The van der Waals surface area contributed by atoms with Crippen LogP contribution in [0.3, 0.4) is 0 Å². The van der Waals surface area contributed by atoms with Gasteiger partial charge in [0.1, 0.15) is 5.56 Å². The number of nitrogens with one attached hydrogen (secondary N) is 2. The Morgan fingerprint density at radius 1 is 1.12 bits per heavy atom. The van der Waals surface area contributed by atoms with Crippen molar-refractivity contribution in [2.45, 2.75) is 0 Å². The molecule has 0 spiro atoms. The van der Waals surface area contributed by atoms with Crippen molar-refractivity contribution in [1.82, 2.24) is 15.0 Å². The predicted octanol–water partition coefficient (Wildman–Crippen LogP) is 2.39. The fraction of sp³-hybridized carbons (Fsp3) is 0.143. The summed E-state index contributed by atoms with van der Waals surface area (Å²) in [6.07, 6.45) is 1.03. The topological polar surface area (TPSA) is 127 Å². The number of aromatic hydroxyl groups is 1. The Balaban J connectivity index is 2.03. The van der Waals surface area contributed by atoms with Crippen molar-refractivity contribution in [2.24, 2.45) is 5.10 Å². The van der Waals surface area contributed by atoms with E-state index in [1.54, 1.807) is 42.5 Å². The highest BCUT2D eigenvalue weighted by molar-refractivity contribution is 7.71. The molecular weight excluding hydrogens is 436 g/mol. The lowest BCUT2D eigenvalue weighted by Gasteiger charge is -2.16. The van der Waals surface area contributed by atoms with Gasteiger partial charge in [-0.15, -0.1) is 0 Å². The molecule has 1 aromatic heterocycles. The number of rotatable bonds is 7. The highest BCUT2D eigenvalue weighted by Crippen LogP contribution is 2.40. The van der Waals surface area contributed by atoms with Gasteiger partial charge < -0.3 is 19.3 Å². The molecule has 1 heterocycles. The highest BCUT2D eigenvalue weighted by Gasteiger charge is 2.18. The van der Waals surface area contributed by atoms with E-state index in [4.69, 9.17) is 26.4 Å². The molecule has 0 radical (unpaired) electrons. The van der Waals surface area contributed by atoms with Gasteiger partial charge in [0.15, 0.2) is 16.3 Å². The molecule has 0 saturated carbocycles. The number of carbonyl (C=O) groups excluding carboxylic acids is 1. The maximum atomic E-state index is 12.4. The first-order chi connectivity index (χ1) is 15.4. The summed E-state index contributed by atoms with van der Waals surface area (Å²) in [4.78, 5) is 26.9. The first kappa shape index (κ1) is 22.6. The Morgan fingerprint density at radius 2 is 1.75 bits per heavy atom. The number of amides is 1. The second-order valence-electron chi connectivity index (χ2n) is 6.28. The third-order valence-electron chi connectivity index (χ3n) is 4.42. The third-order valence-corrected chi connectivity index (χ3v) is 4.71. The minimum absolute atomic E-state index is 0.0766. The van der Waals surface area contributed by atoms with E-state index in [1.165, 1.54) is 25.9 Å². The van der Waals surface area contributed by atoms with Crippen molar-refractivity contribution in [1.29, 1.82) is 0 Å². The van der Waals surface area contributed by atoms with Crippen LogP contribution in [0.5, 0.6) is 23.1 Å². The molecule has 0 saturated heterocycles. The predicted molar refractivity (Wildman–Crippen MR) is 120 cm³/mol. The minimum atomic E-state index is -0.686. The monoisotopic (exact) mass is 456 g/mol. The number of hydrogen-bond donors (Lipinski definition) is 3. The largest absolute Gasteiger partial charge is 0.494 e. The zero-order valence-corrected chi connectivity index (χ0v) is 18.2. The van der Waals surface area contributed by atoms with Crippen LogP contribution in [0.1, 0.15) is 15.9 Å². The Labute approximate surface area is 187 Å². The van der Waals surface area contributed by atoms with Crippen LogP contribution in [-0.4, -0.2) is 48.1 Å². The molecule has 0 fully saturated rings. The molecule has 1 amide bonds. The SMILES string of the molecule is COc1cc(-n2c(O)c(/C=N/NC(=O)c3ccccc3)c(=O)[nH]c2=S)cc(OC)c1OC. The van der Waals surface area contributed by atoms with E-state index >= 15 is 0 Å². The standard InChI is InChI=1S/C21H20N4O6S/c1-29-15-9-13(10-16(30-2)17(15)31-3)25-20(28)14(19(27)23-21(25)32)11-22-24-18(26)12-7-5-4-6-8-12/h4-11,28H,1-3H3,(H,24,26)(H,23,27,32)/b22-11+. The maximum Gasteiger partial charge on any atom is 0.271 e. The van der Waals surface area contributed by atoms with E-state index < -0.39 is 17.3 Å². The molecule has 0 aliphatic heterocycles. The second-order valence-corrected chi connectivity index (χ2v) is 6.67. The zero-order chi connectivity index (χ0) is 23.3. The number of aromatic amines is 1. The van der Waals surface area contributed by atoms with E-state index in [9.17, 15) is 14.7 Å². The number of carbonyl (C=O) groups is 1. The van der Waals surface area contributed by atoms with Crippen LogP contribution in [-0.2, 0) is 0 Å². The molecule has 3 N–H and O–H groups in total. The van der Waals surface area contributed by atoms with Crippen LogP contribution < -0.4 is 25.2 Å². The summed E-state index contributed by atoms with van der Waals surface area (Å²) in [5, 5.41) is 14.6. The van der Waals surface area contributed by atoms with Crippen molar-refractivity contribution in [2.75, 3.05) is 21.3 Å². The van der Waals surface area contributed by atoms with Gasteiger partial charge in [0.05, 0.1) is 33.2 Å². The molecule has 3 aromatic rings. The molecule has 2 aromatic carbocycles. The fourth-order valence-electron chi connectivity index (χ4n) is 2.90. The summed E-state index contributed by atoms with van der Waals surface area (Å²) >= 11 is 5.23. The van der Waals surface area contributed by atoms with Crippen LogP contribution in [0.4, 0.5) is 0 Å². The van der Waals surface area contributed by atoms with Crippen LogP contribution in [0, 0.1) is 4.77 Å². The number of hydrogen-bond acceptors (Lipinski definition) is 8. The van der Waals surface area contributed by atoms with Gasteiger partial charge >= 0.3 is 0 Å². The maximum absolute atomic E-state index is 12.4. The van der Waals surface area contributed by atoms with Crippen LogP contribution >= 0.6 is 12.2 Å². The van der Waals surface area contributed by atoms with Crippen LogP contribution in [0.15, 0.2) is 52.4 Å². The molecule has 3 rings (SSSR count). The molecule has 0 unspecified atom stereocenters. The average Bonchev–Trinajstić information content (AvgIpc) is 2.80. The minimum Gasteiger partial charge on any atom is -0.494 e. The van der Waals surface area contributed by atoms with Gasteiger partial charge in [0, 0.05) is 17.7 Å². The molecule has 0 bridgehead atoms. The summed E-state index contributed by atoms with van der Waals surface area (Å²) in [5.74, 6) is 0.0138. The van der Waals surface area contributed by atoms with E-state index in [1.807, 2.05) is 0 Å². The van der Waals surface area contributed by atoms with Crippen molar-refractivity contribution in [3.05, 3.63) is 68.7 Å². The first-order valence-corrected chi connectivity index (χ1v) is 9.59. The Hall–Kier alpha value is -4.12. The summed E-state index contributed by atoms with van der Waals surface area (Å²) < 4.78 is 17.1. The average molecular weight is 456 g/mol. The molecule has 166 valence electrons. The molecule has 0 atom stereocenters. The molecule has 11 heteroatoms. The number of hydrazone groups is 1. The highest BCUT2D eigenvalue weighted by atomic mass is 32.1. The second kappa shape index (κ2) is 9.79. The van der Waals surface area contributed by atoms with E-state index in [2.05, 4.69) is 15.5 Å². The summed E-state index contributed by atoms with van der Waals surface area (Å²) in [5.41, 5.74) is 2.11. The van der Waals surface area contributed by atoms with Gasteiger partial charge in [0.2, 0.25) is 11.6 Å². The number of methoxy groups -OCH3 is 3. The normalized spacial score (nSPS) is 10.7. The third kappa shape index (κ3) is 4.47. The number of aromatic nitrogens is 2. The summed E-state index contributed by atoms with van der Waals surface area (Å²) in [6, 6.07) is 11.5. The van der Waals surface area contributed by atoms with Crippen molar-refractivity contribution < 1.29 is 24.1 Å². The summed E-state index contributed by atoms with van der Waals surface area (Å²) in [7, 11) is 4.35. The van der Waals surface area contributed by atoms with E-state index in [0.29, 0.717) is 28.5 Å². The lowest BCUT2D eigenvalue weighted by Crippen LogP contribution is -2.21. The molecule has 0 aliphatic carbocycles. The molecule has 10 nitrogen and oxygen atoms in total. The number of ether oxygens (including phenoxy) is 3. The molecule has 32 heavy (non-hydrogen) atoms. The van der Waals surface area contributed by atoms with Gasteiger partial charge in [0.25, 0.3) is 11.5 Å². The lowest BCUT2D eigenvalue weighted by molar-refractivity contribution is 0.0955. The smallest absolute Gasteiger partial charge is 0.271 e. The van der Waals surface area contributed by atoms with Gasteiger partial charge in [-0.1, -0.05) is 18.2 Å². The molecular formula is C21H20N4O6S. The Bertz CT molecular complexity index is 1260. The zero-order valence-electron chi connectivity index (χ0n) is 17.4. The fourth-order valence-corrected chi connectivity index (χ4v) is 3.18. The van der Waals surface area contributed by atoms with Crippen LogP contribution in [0.2, 0.25) is 0 Å².